The summed E-state index contributed by atoms with van der Waals surface area (Å²) in [7, 11) is -0.926. The maximum Gasteiger partial charge on any atom is 0.263 e. The van der Waals surface area contributed by atoms with Gasteiger partial charge in [-0.05, 0) is 66.3 Å². The second kappa shape index (κ2) is 11.8. The number of carbonyl (C=O) groups is 1. The summed E-state index contributed by atoms with van der Waals surface area (Å²) in [4.78, 5) is 15.2. The molecule has 0 bridgehead atoms. The molecule has 9 heteroatoms. The van der Waals surface area contributed by atoms with Crippen LogP contribution in [-0.4, -0.2) is 46.5 Å². The lowest BCUT2D eigenvalue weighted by atomic mass is 9.91. The van der Waals surface area contributed by atoms with Gasteiger partial charge in [-0.25, -0.2) is 8.42 Å². The molecule has 1 heterocycles. The third-order valence-corrected chi connectivity index (χ3v) is 8.06. The highest BCUT2D eigenvalue weighted by atomic mass is 32.2. The number of benzene rings is 3. The van der Waals surface area contributed by atoms with Crippen LogP contribution >= 0.6 is 0 Å². The van der Waals surface area contributed by atoms with Crippen molar-refractivity contribution in [3.05, 3.63) is 77.9 Å². The molecule has 2 N–H and O–H groups in total. The van der Waals surface area contributed by atoms with Gasteiger partial charge in [0.2, 0.25) is 0 Å². The van der Waals surface area contributed by atoms with Gasteiger partial charge in [0, 0.05) is 31.3 Å². The van der Waals surface area contributed by atoms with E-state index in [1.807, 2.05) is 29.2 Å². The average Bonchev–Trinajstić information content (AvgIpc) is 2.91. The van der Waals surface area contributed by atoms with E-state index in [0.717, 1.165) is 17.7 Å². The molecule has 4 rings (SSSR count). The third kappa shape index (κ3) is 6.58. The number of amides is 1. The Bertz CT molecular complexity index is 1370. The van der Waals surface area contributed by atoms with Crippen molar-refractivity contribution in [1.82, 2.24) is 4.90 Å². The monoisotopic (exact) mass is 537 g/mol. The van der Waals surface area contributed by atoms with Crippen LogP contribution in [0, 0.1) is 11.8 Å². The van der Waals surface area contributed by atoms with Crippen LogP contribution in [0.25, 0.3) is 0 Å². The molecular weight excluding hydrogens is 502 g/mol. The lowest BCUT2D eigenvalue weighted by Gasteiger charge is -2.35. The van der Waals surface area contributed by atoms with Crippen LogP contribution < -0.4 is 19.5 Å². The molecule has 1 saturated heterocycles. The molecule has 3 aromatic rings. The molecule has 0 aromatic heterocycles. The summed E-state index contributed by atoms with van der Waals surface area (Å²) in [6.45, 7) is 5.97. The van der Waals surface area contributed by atoms with Gasteiger partial charge in [0.25, 0.3) is 15.9 Å². The quantitative estimate of drug-likeness (QED) is 0.388. The van der Waals surface area contributed by atoms with Gasteiger partial charge < -0.3 is 19.7 Å². The fraction of sp³-hybridized carbons (Fsp3) is 0.345. The van der Waals surface area contributed by atoms with Crippen LogP contribution in [-0.2, 0) is 16.6 Å². The number of carbonyl (C=O) groups excluding carboxylic acids is 1. The summed E-state index contributed by atoms with van der Waals surface area (Å²) >= 11 is 0. The van der Waals surface area contributed by atoms with Gasteiger partial charge in [0.15, 0.2) is 0 Å². The Hall–Kier alpha value is -3.72. The van der Waals surface area contributed by atoms with Gasteiger partial charge in [0.05, 0.1) is 25.6 Å². The van der Waals surface area contributed by atoms with E-state index < -0.39 is 10.0 Å². The van der Waals surface area contributed by atoms with Gasteiger partial charge in [-0.15, -0.1) is 0 Å². The van der Waals surface area contributed by atoms with E-state index in [4.69, 9.17) is 9.47 Å². The Morgan fingerprint density at radius 3 is 2.26 bits per heavy atom. The first-order valence-electron chi connectivity index (χ1n) is 12.7. The normalized spacial score (nSPS) is 17.5. The summed E-state index contributed by atoms with van der Waals surface area (Å²) in [6, 6.07) is 19.0. The molecule has 0 aliphatic carbocycles. The number of anilines is 2. The number of sulfonamides is 1. The van der Waals surface area contributed by atoms with Gasteiger partial charge in [-0.3, -0.25) is 9.52 Å². The molecule has 0 unspecified atom stereocenters. The van der Waals surface area contributed by atoms with Crippen molar-refractivity contribution in [3.8, 4) is 11.5 Å². The molecule has 3 aromatic carbocycles. The second-order valence-corrected chi connectivity index (χ2v) is 11.6. The number of methoxy groups -OCH3 is 2. The summed E-state index contributed by atoms with van der Waals surface area (Å²) < 4.78 is 40.4. The van der Waals surface area contributed by atoms with Crippen LogP contribution in [0.2, 0.25) is 0 Å². The first kappa shape index (κ1) is 27.3. The van der Waals surface area contributed by atoms with E-state index in [1.54, 1.807) is 43.5 Å². The highest BCUT2D eigenvalue weighted by molar-refractivity contribution is 7.92. The maximum atomic E-state index is 13.6. The van der Waals surface area contributed by atoms with Crippen molar-refractivity contribution in [2.75, 3.05) is 37.3 Å². The van der Waals surface area contributed by atoms with Crippen LogP contribution in [0.3, 0.4) is 0 Å². The highest BCUT2D eigenvalue weighted by Crippen LogP contribution is 2.29. The molecule has 2 atom stereocenters. The van der Waals surface area contributed by atoms with Gasteiger partial charge in [-0.1, -0.05) is 32.0 Å². The Kier molecular flexibility index (Phi) is 8.46. The Labute approximate surface area is 225 Å². The molecular formula is C29H35N3O5S. The molecule has 0 spiro atoms. The van der Waals surface area contributed by atoms with Crippen LogP contribution in [0.1, 0.15) is 36.2 Å². The zero-order valence-corrected chi connectivity index (χ0v) is 23.0. The Balaban J connectivity index is 1.66. The molecule has 1 aliphatic heterocycles. The Morgan fingerprint density at radius 2 is 1.61 bits per heavy atom. The van der Waals surface area contributed by atoms with Crippen molar-refractivity contribution in [3.63, 3.8) is 0 Å². The number of rotatable bonds is 9. The standard InChI is InChI=1S/C29H35N3O5S/c1-20-14-21(2)19-32(18-20)29(33)23-10-13-27(30-17-22-8-11-25(36-3)12-9-22)28(15-23)38(34,35)31-24-6-5-7-26(16-24)37-4/h5-13,15-16,20-21,30-31H,14,17-19H2,1-4H3/t20-,21-/m0/s1. The number of nitrogens with one attached hydrogen (secondary N) is 2. The minimum Gasteiger partial charge on any atom is -0.497 e. The molecule has 202 valence electrons. The lowest BCUT2D eigenvalue weighted by molar-refractivity contribution is 0.0623. The van der Waals surface area contributed by atoms with Crippen molar-refractivity contribution in [2.24, 2.45) is 11.8 Å². The molecule has 1 aliphatic rings. The molecule has 1 amide bonds. The van der Waals surface area contributed by atoms with E-state index in [9.17, 15) is 13.2 Å². The summed E-state index contributed by atoms with van der Waals surface area (Å²) in [5.74, 6) is 1.89. The van der Waals surface area contributed by atoms with Gasteiger partial charge in [-0.2, -0.15) is 0 Å². The van der Waals surface area contributed by atoms with Gasteiger partial charge in [0.1, 0.15) is 16.4 Å². The maximum absolute atomic E-state index is 13.6. The van der Waals surface area contributed by atoms with Crippen molar-refractivity contribution >= 4 is 27.3 Å². The summed E-state index contributed by atoms with van der Waals surface area (Å²) in [5, 5.41) is 3.23. The van der Waals surface area contributed by atoms with Crippen LogP contribution in [0.15, 0.2) is 71.6 Å². The first-order chi connectivity index (χ1) is 18.2. The molecule has 8 nitrogen and oxygen atoms in total. The number of piperidine rings is 1. The van der Waals surface area contributed by atoms with Crippen LogP contribution in [0.5, 0.6) is 11.5 Å². The summed E-state index contributed by atoms with van der Waals surface area (Å²) in [5.41, 5.74) is 2.05. The first-order valence-corrected chi connectivity index (χ1v) is 14.1. The van der Waals surface area contributed by atoms with Gasteiger partial charge >= 0.3 is 0 Å². The lowest BCUT2D eigenvalue weighted by Crippen LogP contribution is -2.42. The highest BCUT2D eigenvalue weighted by Gasteiger charge is 2.28. The molecule has 38 heavy (non-hydrogen) atoms. The fourth-order valence-electron chi connectivity index (χ4n) is 4.87. The second-order valence-electron chi connectivity index (χ2n) is 9.91. The minimum absolute atomic E-state index is 0.00205. The summed E-state index contributed by atoms with van der Waals surface area (Å²) in [6.07, 6.45) is 1.07. The SMILES string of the molecule is COc1ccc(CNc2ccc(C(=O)N3C[C@@H](C)C[C@H](C)C3)cc2S(=O)(=O)Nc2cccc(OC)c2)cc1. The molecule has 0 radical (unpaired) electrons. The molecule has 1 fully saturated rings. The van der Waals surface area contributed by atoms with E-state index in [2.05, 4.69) is 23.9 Å². The van der Waals surface area contributed by atoms with E-state index in [0.29, 0.717) is 54.2 Å². The predicted octanol–water partition coefficient (Wildman–Crippen LogP) is 5.23. The van der Waals surface area contributed by atoms with Crippen molar-refractivity contribution < 1.29 is 22.7 Å². The number of likely N-dealkylation sites (tertiary alicyclic amines) is 1. The number of hydrogen-bond donors (Lipinski definition) is 2. The number of nitrogens with zero attached hydrogens (tertiary/aromatic N) is 1. The average molecular weight is 538 g/mol. The van der Waals surface area contributed by atoms with Crippen molar-refractivity contribution in [1.29, 1.82) is 0 Å². The van der Waals surface area contributed by atoms with E-state index in [-0.39, 0.29) is 10.8 Å². The Morgan fingerprint density at radius 1 is 0.921 bits per heavy atom. The predicted molar refractivity (Wildman–Crippen MR) is 149 cm³/mol. The number of hydrogen-bond acceptors (Lipinski definition) is 6. The van der Waals surface area contributed by atoms with Crippen LogP contribution in [0.4, 0.5) is 11.4 Å². The van der Waals surface area contributed by atoms with Crippen molar-refractivity contribution in [2.45, 2.75) is 31.7 Å². The molecule has 0 saturated carbocycles. The third-order valence-electron chi connectivity index (χ3n) is 6.64. The fourth-order valence-corrected chi connectivity index (χ4v) is 6.13. The minimum atomic E-state index is -4.05. The zero-order chi connectivity index (χ0) is 27.3. The van der Waals surface area contributed by atoms with E-state index >= 15 is 0 Å². The largest absolute Gasteiger partial charge is 0.497 e. The number of ether oxygens (including phenoxy) is 2. The smallest absolute Gasteiger partial charge is 0.263 e. The van der Waals surface area contributed by atoms with E-state index in [1.165, 1.54) is 13.2 Å². The zero-order valence-electron chi connectivity index (χ0n) is 22.2. The topological polar surface area (TPSA) is 97.0 Å².